The molecule has 0 amide bonds. The molecule has 0 radical (unpaired) electrons. The molecule has 0 saturated carbocycles. The van der Waals surface area contributed by atoms with Gasteiger partial charge in [-0.1, -0.05) is 64.8 Å². The average Bonchev–Trinajstić information content (AvgIpc) is 2.81. The van der Waals surface area contributed by atoms with Crippen molar-refractivity contribution in [1.82, 2.24) is 0 Å². The number of hydrogen-bond donors (Lipinski definition) is 2. The first-order valence-electron chi connectivity index (χ1n) is 13.3. The molecule has 2 N–H and O–H groups in total. The highest BCUT2D eigenvalue weighted by Gasteiger charge is 2.39. The van der Waals surface area contributed by atoms with Gasteiger partial charge in [0.25, 0.3) is 0 Å². The van der Waals surface area contributed by atoms with Gasteiger partial charge in [0, 0.05) is 0 Å². The Bertz CT molecular complexity index is 637. The Kier molecular flexibility index (Phi) is 18.4. The Balaban J connectivity index is 5.46. The number of aliphatic carboxylic acids is 2. The van der Waals surface area contributed by atoms with Crippen molar-refractivity contribution in [2.24, 2.45) is 23.7 Å². The van der Waals surface area contributed by atoms with E-state index >= 15 is 0 Å². The van der Waals surface area contributed by atoms with E-state index in [1.807, 2.05) is 52.0 Å². The molecule has 0 rings (SSSR count). The van der Waals surface area contributed by atoms with E-state index in [1.165, 1.54) is 0 Å². The van der Waals surface area contributed by atoms with Crippen LogP contribution in [0.25, 0.3) is 0 Å². The topological polar surface area (TPSA) is 118 Å². The van der Waals surface area contributed by atoms with Crippen LogP contribution in [0.1, 0.15) is 105 Å². The molecule has 4 unspecified atom stereocenters. The van der Waals surface area contributed by atoms with E-state index in [1.54, 1.807) is 0 Å². The predicted molar refractivity (Wildman–Crippen MR) is 137 cm³/mol. The zero-order chi connectivity index (χ0) is 26.6. The predicted octanol–water partition coefficient (Wildman–Crippen LogP) is 6.56. The highest BCUT2D eigenvalue weighted by molar-refractivity contribution is 5.92. The van der Waals surface area contributed by atoms with Crippen molar-refractivity contribution in [2.45, 2.75) is 105 Å². The number of carboxylic acids is 2. The van der Waals surface area contributed by atoms with Crippen LogP contribution in [0.2, 0.25) is 0 Å². The molecule has 35 heavy (non-hydrogen) atoms. The third kappa shape index (κ3) is 13.3. The first-order chi connectivity index (χ1) is 16.7. The van der Waals surface area contributed by atoms with Crippen molar-refractivity contribution in [3.63, 3.8) is 0 Å². The number of esters is 2. The third-order valence-electron chi connectivity index (χ3n) is 6.19. The minimum atomic E-state index is -1.08. The lowest BCUT2D eigenvalue weighted by Gasteiger charge is -2.25. The average molecular weight is 495 g/mol. The SMILES string of the molecule is CC/C=C/CCCC(C(=O)O)C(CCC)C(=O)OC(=O)C(CCC)C(CCC/C=C/CC)C(=O)O. The standard InChI is InChI=1S/C28H46O7/c1-5-9-11-13-15-19-21(25(29)30)23(17-7-3)27(33)35-28(34)24(18-8-4)22(26(31)32)20-16-14-12-10-6-2/h9-12,21-24H,5-8,13-20H2,1-4H3,(H,29,30)(H,31,32)/b11-9+,12-10+. The van der Waals surface area contributed by atoms with Crippen LogP contribution in [0.4, 0.5) is 0 Å². The van der Waals surface area contributed by atoms with Gasteiger partial charge in [-0.2, -0.15) is 0 Å². The molecule has 0 saturated heterocycles. The van der Waals surface area contributed by atoms with Crippen molar-refractivity contribution < 1.29 is 34.1 Å². The number of hydrogen-bond acceptors (Lipinski definition) is 5. The van der Waals surface area contributed by atoms with Crippen LogP contribution in [0.5, 0.6) is 0 Å². The van der Waals surface area contributed by atoms with Crippen LogP contribution in [0.3, 0.4) is 0 Å². The Morgan fingerprint density at radius 1 is 0.600 bits per heavy atom. The van der Waals surface area contributed by atoms with E-state index in [-0.39, 0.29) is 0 Å². The molecule has 0 bridgehead atoms. The van der Waals surface area contributed by atoms with Crippen LogP contribution in [0, 0.1) is 23.7 Å². The summed E-state index contributed by atoms with van der Waals surface area (Å²) in [5.41, 5.74) is 0. The van der Waals surface area contributed by atoms with Crippen molar-refractivity contribution in [2.75, 3.05) is 0 Å². The van der Waals surface area contributed by atoms with Crippen LogP contribution in [0.15, 0.2) is 24.3 Å². The Morgan fingerprint density at radius 3 is 1.26 bits per heavy atom. The molecule has 0 aromatic heterocycles. The van der Waals surface area contributed by atoms with Gasteiger partial charge in [-0.15, -0.1) is 0 Å². The van der Waals surface area contributed by atoms with E-state index in [2.05, 4.69) is 0 Å². The Morgan fingerprint density at radius 2 is 0.971 bits per heavy atom. The molecule has 0 aliphatic rings. The fourth-order valence-electron chi connectivity index (χ4n) is 4.31. The monoisotopic (exact) mass is 494 g/mol. The van der Waals surface area contributed by atoms with E-state index in [9.17, 15) is 29.4 Å². The fraction of sp³-hybridized carbons (Fsp3) is 0.714. The third-order valence-corrected chi connectivity index (χ3v) is 6.19. The summed E-state index contributed by atoms with van der Waals surface area (Å²) < 4.78 is 5.20. The minimum Gasteiger partial charge on any atom is -0.481 e. The number of carbonyl (C=O) groups excluding carboxylic acids is 2. The number of rotatable bonds is 20. The summed E-state index contributed by atoms with van der Waals surface area (Å²) in [6.07, 6.45) is 14.8. The van der Waals surface area contributed by atoms with Gasteiger partial charge in [0.15, 0.2) is 0 Å². The maximum absolute atomic E-state index is 13.0. The molecular weight excluding hydrogens is 448 g/mol. The minimum absolute atomic E-state index is 0.290. The molecule has 0 spiro atoms. The van der Waals surface area contributed by atoms with Gasteiger partial charge >= 0.3 is 23.9 Å². The summed E-state index contributed by atoms with van der Waals surface area (Å²) in [4.78, 5) is 49.9. The molecule has 0 aromatic carbocycles. The van der Waals surface area contributed by atoms with Gasteiger partial charge in [-0.25, -0.2) is 0 Å². The van der Waals surface area contributed by atoms with Crippen LogP contribution in [-0.4, -0.2) is 34.1 Å². The van der Waals surface area contributed by atoms with Gasteiger partial charge in [0.05, 0.1) is 23.7 Å². The number of carboxylic acid groups (broad SMARTS) is 2. The zero-order valence-electron chi connectivity index (χ0n) is 22.0. The molecular formula is C28H46O7. The van der Waals surface area contributed by atoms with Crippen molar-refractivity contribution in [1.29, 1.82) is 0 Å². The van der Waals surface area contributed by atoms with E-state index in [4.69, 9.17) is 4.74 Å². The maximum Gasteiger partial charge on any atom is 0.317 e. The largest absolute Gasteiger partial charge is 0.481 e. The van der Waals surface area contributed by atoms with Crippen molar-refractivity contribution in [3.05, 3.63) is 24.3 Å². The maximum atomic E-state index is 13.0. The lowest BCUT2D eigenvalue weighted by Crippen LogP contribution is -2.37. The van der Waals surface area contributed by atoms with Crippen LogP contribution < -0.4 is 0 Å². The van der Waals surface area contributed by atoms with E-state index < -0.39 is 47.5 Å². The fourth-order valence-corrected chi connectivity index (χ4v) is 4.31. The lowest BCUT2D eigenvalue weighted by molar-refractivity contribution is -0.173. The lowest BCUT2D eigenvalue weighted by atomic mass is 9.83. The smallest absolute Gasteiger partial charge is 0.317 e. The van der Waals surface area contributed by atoms with Crippen LogP contribution >= 0.6 is 0 Å². The van der Waals surface area contributed by atoms with Gasteiger partial charge < -0.3 is 14.9 Å². The van der Waals surface area contributed by atoms with E-state index in [0.717, 1.165) is 25.7 Å². The molecule has 0 heterocycles. The summed E-state index contributed by atoms with van der Waals surface area (Å²) >= 11 is 0. The Labute approximate surface area is 211 Å². The first-order valence-corrected chi connectivity index (χ1v) is 13.3. The summed E-state index contributed by atoms with van der Waals surface area (Å²) in [5, 5.41) is 19.6. The van der Waals surface area contributed by atoms with Crippen molar-refractivity contribution in [3.8, 4) is 0 Å². The zero-order valence-corrected chi connectivity index (χ0v) is 22.0. The van der Waals surface area contributed by atoms with Crippen LogP contribution in [-0.2, 0) is 23.9 Å². The molecule has 0 fully saturated rings. The highest BCUT2D eigenvalue weighted by Crippen LogP contribution is 2.29. The number of allylic oxidation sites excluding steroid dienone is 4. The molecule has 7 nitrogen and oxygen atoms in total. The highest BCUT2D eigenvalue weighted by atomic mass is 16.6. The Hall–Kier alpha value is -2.44. The molecule has 0 aliphatic heterocycles. The van der Waals surface area contributed by atoms with E-state index in [0.29, 0.717) is 51.4 Å². The number of carbonyl (C=O) groups is 4. The second kappa shape index (κ2) is 19.8. The van der Waals surface area contributed by atoms with Gasteiger partial charge in [0.2, 0.25) is 0 Å². The number of unbranched alkanes of at least 4 members (excludes halogenated alkanes) is 2. The normalized spacial score (nSPS) is 15.1. The van der Waals surface area contributed by atoms with Gasteiger partial charge in [-0.3, -0.25) is 19.2 Å². The van der Waals surface area contributed by atoms with Gasteiger partial charge in [-0.05, 0) is 64.2 Å². The second-order valence-electron chi connectivity index (χ2n) is 9.04. The number of ether oxygens (including phenoxy) is 1. The summed E-state index contributed by atoms with van der Waals surface area (Å²) in [6.45, 7) is 7.73. The summed E-state index contributed by atoms with van der Waals surface area (Å²) in [5.74, 6) is -7.66. The first kappa shape index (κ1) is 32.6. The van der Waals surface area contributed by atoms with Crippen molar-refractivity contribution >= 4 is 23.9 Å². The molecule has 0 aliphatic carbocycles. The summed E-state index contributed by atoms with van der Waals surface area (Å²) in [6, 6.07) is 0. The molecule has 0 aromatic rings. The second-order valence-corrected chi connectivity index (χ2v) is 9.04. The quantitative estimate of drug-likeness (QED) is 0.0851. The molecule has 7 heteroatoms. The van der Waals surface area contributed by atoms with Gasteiger partial charge in [0.1, 0.15) is 0 Å². The summed E-state index contributed by atoms with van der Waals surface area (Å²) in [7, 11) is 0. The molecule has 200 valence electrons. The molecule has 4 atom stereocenters.